The molecule has 36 heavy (non-hydrogen) atoms. The zero-order valence-corrected chi connectivity index (χ0v) is 20.6. The van der Waals surface area contributed by atoms with Crippen LogP contribution in [0.25, 0.3) is 22.2 Å². The SMILES string of the molecule is COc1cc(Cl)ccc1-c1ccc2cnc(CNC(=O)c3ccc4c(c3)[C@](C)(C#N)COC4)cc2n1. The number of nitrogens with one attached hydrogen (secondary N) is 1. The van der Waals surface area contributed by atoms with Gasteiger partial charge in [0.25, 0.3) is 5.91 Å². The number of carbonyl (C=O) groups excluding carboxylic acids is 1. The highest BCUT2D eigenvalue weighted by Crippen LogP contribution is 2.33. The van der Waals surface area contributed by atoms with Crippen molar-refractivity contribution in [2.45, 2.75) is 25.5 Å². The van der Waals surface area contributed by atoms with Crippen LogP contribution in [0.5, 0.6) is 5.75 Å². The summed E-state index contributed by atoms with van der Waals surface area (Å²) in [4.78, 5) is 22.2. The molecule has 4 aromatic rings. The molecule has 1 aliphatic rings. The maximum Gasteiger partial charge on any atom is 0.251 e. The molecule has 1 aliphatic heterocycles. The predicted octanol–water partition coefficient (Wildman–Crippen LogP) is 5.20. The van der Waals surface area contributed by atoms with E-state index in [1.54, 1.807) is 37.6 Å². The van der Waals surface area contributed by atoms with Crippen molar-refractivity contribution in [2.75, 3.05) is 13.7 Å². The predicted molar refractivity (Wildman–Crippen MR) is 137 cm³/mol. The van der Waals surface area contributed by atoms with Gasteiger partial charge in [-0.15, -0.1) is 0 Å². The van der Waals surface area contributed by atoms with Gasteiger partial charge in [0.2, 0.25) is 0 Å². The summed E-state index contributed by atoms with van der Waals surface area (Å²) < 4.78 is 11.0. The molecule has 0 radical (unpaired) electrons. The van der Waals surface area contributed by atoms with Crippen molar-refractivity contribution in [3.63, 3.8) is 0 Å². The largest absolute Gasteiger partial charge is 0.496 e. The number of carbonyl (C=O) groups is 1. The first kappa shape index (κ1) is 23.7. The highest BCUT2D eigenvalue weighted by atomic mass is 35.5. The van der Waals surface area contributed by atoms with E-state index in [1.807, 2.05) is 37.3 Å². The average molecular weight is 499 g/mol. The zero-order chi connectivity index (χ0) is 25.3. The summed E-state index contributed by atoms with van der Waals surface area (Å²) in [6.07, 6.45) is 1.74. The molecule has 2 aromatic carbocycles. The van der Waals surface area contributed by atoms with Gasteiger partial charge < -0.3 is 14.8 Å². The fraction of sp³-hybridized carbons (Fsp3) is 0.214. The molecule has 3 heterocycles. The second-order valence-corrected chi connectivity index (χ2v) is 9.34. The maximum atomic E-state index is 12.9. The Morgan fingerprint density at radius 3 is 2.89 bits per heavy atom. The van der Waals surface area contributed by atoms with Crippen molar-refractivity contribution in [2.24, 2.45) is 0 Å². The second-order valence-electron chi connectivity index (χ2n) is 8.90. The third-order valence-electron chi connectivity index (χ3n) is 6.36. The van der Waals surface area contributed by atoms with Crippen LogP contribution in [0.2, 0.25) is 5.02 Å². The quantitative estimate of drug-likeness (QED) is 0.406. The van der Waals surface area contributed by atoms with Gasteiger partial charge in [0.05, 0.1) is 49.8 Å². The second kappa shape index (κ2) is 9.57. The lowest BCUT2D eigenvalue weighted by Gasteiger charge is -2.30. The number of benzene rings is 2. The number of hydrogen-bond acceptors (Lipinski definition) is 6. The van der Waals surface area contributed by atoms with E-state index in [-0.39, 0.29) is 12.5 Å². The van der Waals surface area contributed by atoms with Crippen molar-refractivity contribution in [1.29, 1.82) is 5.26 Å². The summed E-state index contributed by atoms with van der Waals surface area (Å²) in [5, 5.41) is 14.0. The fourth-order valence-electron chi connectivity index (χ4n) is 4.35. The monoisotopic (exact) mass is 498 g/mol. The van der Waals surface area contributed by atoms with E-state index < -0.39 is 5.41 Å². The highest BCUT2D eigenvalue weighted by molar-refractivity contribution is 6.30. The topological polar surface area (TPSA) is 97.1 Å². The van der Waals surface area contributed by atoms with E-state index in [9.17, 15) is 10.1 Å². The Hall–Kier alpha value is -3.99. The van der Waals surface area contributed by atoms with Crippen LogP contribution in [0.1, 0.15) is 34.1 Å². The van der Waals surface area contributed by atoms with Gasteiger partial charge in [-0.25, -0.2) is 4.98 Å². The summed E-state index contributed by atoms with van der Waals surface area (Å²) in [6.45, 7) is 2.80. The van der Waals surface area contributed by atoms with E-state index in [2.05, 4.69) is 16.4 Å². The van der Waals surface area contributed by atoms with Crippen molar-refractivity contribution < 1.29 is 14.3 Å². The van der Waals surface area contributed by atoms with Crippen molar-refractivity contribution >= 4 is 28.4 Å². The van der Waals surface area contributed by atoms with Gasteiger partial charge in [-0.05, 0) is 66.6 Å². The number of hydrogen-bond donors (Lipinski definition) is 1. The molecule has 0 saturated heterocycles. The molecule has 8 heteroatoms. The molecular formula is C28H23ClN4O3. The third kappa shape index (κ3) is 4.49. The van der Waals surface area contributed by atoms with Crippen LogP contribution in [-0.4, -0.2) is 29.6 Å². The highest BCUT2D eigenvalue weighted by Gasteiger charge is 2.33. The number of pyridine rings is 2. The van der Waals surface area contributed by atoms with Gasteiger partial charge in [0.15, 0.2) is 0 Å². The molecule has 0 fully saturated rings. The van der Waals surface area contributed by atoms with Gasteiger partial charge in [-0.3, -0.25) is 9.78 Å². The molecule has 0 aliphatic carbocycles. The summed E-state index contributed by atoms with van der Waals surface area (Å²) >= 11 is 6.10. The molecule has 0 saturated carbocycles. The summed E-state index contributed by atoms with van der Waals surface area (Å²) in [6, 6.07) is 18.9. The molecule has 0 unspecified atom stereocenters. The number of methoxy groups -OCH3 is 1. The number of aromatic nitrogens is 2. The average Bonchev–Trinajstić information content (AvgIpc) is 2.91. The van der Waals surface area contributed by atoms with Crippen LogP contribution in [0, 0.1) is 11.3 Å². The van der Waals surface area contributed by atoms with Crippen molar-refractivity contribution in [3.8, 4) is 23.1 Å². The first-order valence-electron chi connectivity index (χ1n) is 11.4. The van der Waals surface area contributed by atoms with Crippen molar-refractivity contribution in [1.82, 2.24) is 15.3 Å². The Morgan fingerprint density at radius 1 is 1.22 bits per heavy atom. The lowest BCUT2D eigenvalue weighted by atomic mass is 9.79. The third-order valence-corrected chi connectivity index (χ3v) is 6.60. The van der Waals surface area contributed by atoms with Gasteiger partial charge in [0, 0.05) is 27.7 Å². The summed E-state index contributed by atoms with van der Waals surface area (Å²) in [7, 11) is 1.60. The number of nitriles is 1. The Bertz CT molecular complexity index is 1530. The maximum absolute atomic E-state index is 12.9. The first-order valence-corrected chi connectivity index (χ1v) is 11.8. The number of halogens is 1. The number of nitrogens with zero attached hydrogens (tertiary/aromatic N) is 3. The van der Waals surface area contributed by atoms with Gasteiger partial charge in [0.1, 0.15) is 11.2 Å². The molecule has 1 atom stereocenters. The smallest absolute Gasteiger partial charge is 0.251 e. The molecular weight excluding hydrogens is 476 g/mol. The van der Waals surface area contributed by atoms with Crippen molar-refractivity contribution in [3.05, 3.63) is 88.2 Å². The molecule has 180 valence electrons. The minimum atomic E-state index is -0.778. The minimum absolute atomic E-state index is 0.237. The minimum Gasteiger partial charge on any atom is -0.496 e. The van der Waals surface area contributed by atoms with E-state index in [0.717, 1.165) is 33.3 Å². The van der Waals surface area contributed by atoms with E-state index >= 15 is 0 Å². The molecule has 7 nitrogen and oxygen atoms in total. The van der Waals surface area contributed by atoms with E-state index in [4.69, 9.17) is 26.1 Å². The zero-order valence-electron chi connectivity index (χ0n) is 19.8. The van der Waals surface area contributed by atoms with Crippen LogP contribution in [0.3, 0.4) is 0 Å². The van der Waals surface area contributed by atoms with Crippen LogP contribution in [0.4, 0.5) is 0 Å². The molecule has 1 amide bonds. The van der Waals surface area contributed by atoms with Gasteiger partial charge >= 0.3 is 0 Å². The Kier molecular flexibility index (Phi) is 6.31. The van der Waals surface area contributed by atoms with E-state index in [1.165, 1.54) is 0 Å². The number of ether oxygens (including phenoxy) is 2. The molecule has 0 bridgehead atoms. The number of rotatable bonds is 5. The molecule has 2 aromatic heterocycles. The summed E-state index contributed by atoms with van der Waals surface area (Å²) in [5.74, 6) is 0.402. The van der Waals surface area contributed by atoms with Crippen LogP contribution < -0.4 is 10.1 Å². The lowest BCUT2D eigenvalue weighted by Crippen LogP contribution is -2.33. The first-order chi connectivity index (χ1) is 17.4. The van der Waals surface area contributed by atoms with Gasteiger partial charge in [-0.1, -0.05) is 17.7 Å². The number of fused-ring (bicyclic) bond motifs is 2. The molecule has 1 N–H and O–H groups in total. The van der Waals surface area contributed by atoms with E-state index in [0.29, 0.717) is 35.2 Å². The Balaban J connectivity index is 1.37. The number of amides is 1. The van der Waals surface area contributed by atoms with Gasteiger partial charge in [-0.2, -0.15) is 5.26 Å². The molecule has 0 spiro atoms. The standard InChI is InChI=1S/C28H23ClN4O3/c1-28(15-30)16-36-14-19-4-3-17(9-23(19)28)27(34)32-13-21-11-25-18(12-31-21)5-8-24(33-25)22-7-6-20(29)10-26(22)35-2/h3-12H,13-14,16H2,1-2H3,(H,32,34)/t28-/m1/s1. The van der Waals surface area contributed by atoms with Crippen LogP contribution in [-0.2, 0) is 23.3 Å². The van der Waals surface area contributed by atoms with Crippen LogP contribution >= 0.6 is 11.6 Å². The molecule has 5 rings (SSSR count). The fourth-order valence-corrected chi connectivity index (χ4v) is 4.51. The normalized spacial score (nSPS) is 16.7. The Morgan fingerprint density at radius 2 is 2.08 bits per heavy atom. The summed E-state index contributed by atoms with van der Waals surface area (Å²) in [5.41, 5.74) is 4.49. The lowest BCUT2D eigenvalue weighted by molar-refractivity contribution is 0.0757. The Labute approximate surface area is 213 Å². The van der Waals surface area contributed by atoms with Crippen LogP contribution in [0.15, 0.2) is 60.8 Å².